The summed E-state index contributed by atoms with van der Waals surface area (Å²) in [6.07, 6.45) is 0.956. The molecule has 16 heavy (non-hydrogen) atoms. The van der Waals surface area contributed by atoms with E-state index < -0.39 is 11.0 Å². The van der Waals surface area contributed by atoms with Gasteiger partial charge in [-0.25, -0.2) is 8.93 Å². The van der Waals surface area contributed by atoms with Crippen LogP contribution in [0.1, 0.15) is 38.9 Å². The minimum absolute atomic E-state index is 0.152. The Morgan fingerprint density at radius 2 is 2.31 bits per heavy atom. The number of nitrogens with one attached hydrogen (secondary N) is 1. The molecule has 1 aromatic heterocycles. The van der Waals surface area contributed by atoms with Gasteiger partial charge < -0.3 is 0 Å². The zero-order valence-corrected chi connectivity index (χ0v) is 12.1. The van der Waals surface area contributed by atoms with Crippen LogP contribution in [-0.4, -0.2) is 18.7 Å². The Bertz CT molecular complexity index is 424. The lowest BCUT2D eigenvalue weighted by Gasteiger charge is -2.21. The fraction of sp³-hybridized carbons (Fsp3) is 0.700. The van der Waals surface area contributed by atoms with Gasteiger partial charge in [-0.15, -0.1) is 0 Å². The average Bonchev–Trinajstić information content (AvgIpc) is 2.65. The highest BCUT2D eigenvalue weighted by atomic mass is 79.9. The molecule has 1 unspecified atom stereocenters. The summed E-state index contributed by atoms with van der Waals surface area (Å²) >= 11 is 3.36. The average molecular weight is 306 g/mol. The highest BCUT2D eigenvalue weighted by Gasteiger charge is 2.29. The summed E-state index contributed by atoms with van der Waals surface area (Å²) < 4.78 is 17.7. The molecule has 2 rings (SSSR count). The maximum Gasteiger partial charge on any atom is 0.128 e. The van der Waals surface area contributed by atoms with E-state index in [4.69, 9.17) is 0 Å². The molecule has 4 nitrogen and oxygen atoms in total. The van der Waals surface area contributed by atoms with Gasteiger partial charge in [-0.3, -0.25) is 4.68 Å². The number of hydrogen-bond acceptors (Lipinski definition) is 2. The molecule has 2 atom stereocenters. The van der Waals surface area contributed by atoms with E-state index in [1.807, 2.05) is 31.5 Å². The number of hydrogen-bond donors (Lipinski definition) is 1. The zero-order chi connectivity index (χ0) is 11.9. The molecule has 1 aliphatic heterocycles. The molecule has 0 fully saturated rings. The molecule has 0 radical (unpaired) electrons. The number of aryl methyl sites for hydroxylation is 1. The van der Waals surface area contributed by atoms with E-state index in [1.54, 1.807) is 0 Å². The predicted octanol–water partition coefficient (Wildman–Crippen LogP) is 2.14. The standard InChI is InChI=1S/C10H16BrN3OS/c1-10(2,3)16(15)13-7-4-5-14-8(7)6-9(11)12-14/h6-7,13H,4-5H2,1-3H3/t7-,16?/m0/s1. The topological polar surface area (TPSA) is 46.9 Å². The Labute approximate surface area is 107 Å². The van der Waals surface area contributed by atoms with Crippen molar-refractivity contribution >= 4 is 26.9 Å². The van der Waals surface area contributed by atoms with Gasteiger partial charge in [0.25, 0.3) is 0 Å². The molecule has 1 aliphatic rings. The number of aromatic nitrogens is 2. The second-order valence-corrected chi connectivity index (χ2v) is 7.77. The molecule has 1 N–H and O–H groups in total. The van der Waals surface area contributed by atoms with Crippen molar-refractivity contribution in [3.05, 3.63) is 16.4 Å². The number of fused-ring (bicyclic) bond motifs is 1. The fourth-order valence-corrected chi connectivity index (χ4v) is 2.96. The van der Waals surface area contributed by atoms with Gasteiger partial charge in [-0.2, -0.15) is 5.10 Å². The molecule has 0 saturated heterocycles. The Hall–Kier alpha value is -0.200. The first-order valence-electron chi connectivity index (χ1n) is 5.29. The summed E-state index contributed by atoms with van der Waals surface area (Å²) in [7, 11) is -1.03. The van der Waals surface area contributed by atoms with Crippen molar-refractivity contribution < 1.29 is 4.21 Å². The Balaban J connectivity index is 2.11. The van der Waals surface area contributed by atoms with Crippen LogP contribution in [0.3, 0.4) is 0 Å². The molecule has 2 heterocycles. The summed E-state index contributed by atoms with van der Waals surface area (Å²) in [5.74, 6) is 0. The van der Waals surface area contributed by atoms with Crippen LogP contribution in [0.2, 0.25) is 0 Å². The molecule has 0 aliphatic carbocycles. The zero-order valence-electron chi connectivity index (χ0n) is 9.66. The first-order valence-corrected chi connectivity index (χ1v) is 7.23. The molecular formula is C10H16BrN3OS. The van der Waals surface area contributed by atoms with Crippen molar-refractivity contribution in [2.75, 3.05) is 0 Å². The van der Waals surface area contributed by atoms with Crippen LogP contribution in [-0.2, 0) is 17.5 Å². The monoisotopic (exact) mass is 305 g/mol. The summed E-state index contributed by atoms with van der Waals surface area (Å²) in [5, 5.41) is 4.31. The van der Waals surface area contributed by atoms with Gasteiger partial charge in [0.1, 0.15) is 4.60 Å². The lowest BCUT2D eigenvalue weighted by molar-refractivity contribution is 0.587. The maximum absolute atomic E-state index is 12.0. The summed E-state index contributed by atoms with van der Waals surface area (Å²) in [4.78, 5) is 0. The van der Waals surface area contributed by atoms with Gasteiger partial charge in [0.2, 0.25) is 0 Å². The third kappa shape index (κ3) is 2.38. The SMILES string of the molecule is CC(C)(C)S(=O)N[C@H]1CCn2nc(Br)cc21. The molecule has 0 spiro atoms. The van der Waals surface area contributed by atoms with Crippen molar-refractivity contribution in [2.45, 2.75) is 44.5 Å². The molecule has 90 valence electrons. The number of halogens is 1. The van der Waals surface area contributed by atoms with Crippen molar-refractivity contribution in [1.82, 2.24) is 14.5 Å². The first-order chi connectivity index (χ1) is 7.38. The molecule has 0 saturated carbocycles. The van der Waals surface area contributed by atoms with Gasteiger partial charge in [-0.05, 0) is 49.2 Å². The number of nitrogens with zero attached hydrogens (tertiary/aromatic N) is 2. The lowest BCUT2D eigenvalue weighted by atomic mass is 10.2. The van der Waals surface area contributed by atoms with Crippen molar-refractivity contribution in [1.29, 1.82) is 0 Å². The Morgan fingerprint density at radius 1 is 1.62 bits per heavy atom. The molecule has 0 amide bonds. The van der Waals surface area contributed by atoms with E-state index in [2.05, 4.69) is 25.8 Å². The van der Waals surface area contributed by atoms with Crippen LogP contribution < -0.4 is 4.72 Å². The van der Waals surface area contributed by atoms with Gasteiger partial charge in [0.15, 0.2) is 0 Å². The quantitative estimate of drug-likeness (QED) is 0.910. The summed E-state index contributed by atoms with van der Waals surface area (Å²) in [5.41, 5.74) is 1.12. The largest absolute Gasteiger partial charge is 0.267 e. The second kappa shape index (κ2) is 4.23. The molecule has 1 aromatic rings. The normalized spacial score (nSPS) is 22.1. The van der Waals surface area contributed by atoms with E-state index in [0.717, 1.165) is 23.3 Å². The van der Waals surface area contributed by atoms with Crippen LogP contribution in [0.25, 0.3) is 0 Å². The van der Waals surface area contributed by atoms with Crippen molar-refractivity contribution in [3.8, 4) is 0 Å². The third-order valence-electron chi connectivity index (χ3n) is 2.57. The molecule has 6 heteroatoms. The number of rotatable bonds is 2. The maximum atomic E-state index is 12.0. The smallest absolute Gasteiger partial charge is 0.128 e. The minimum Gasteiger partial charge on any atom is -0.267 e. The van der Waals surface area contributed by atoms with Crippen LogP contribution in [0.15, 0.2) is 10.7 Å². The third-order valence-corrected chi connectivity index (χ3v) is 4.57. The molecule has 0 aromatic carbocycles. The lowest BCUT2D eigenvalue weighted by Crippen LogP contribution is -2.35. The highest BCUT2D eigenvalue weighted by molar-refractivity contribution is 9.10. The second-order valence-electron chi connectivity index (χ2n) is 4.96. The van der Waals surface area contributed by atoms with E-state index in [-0.39, 0.29) is 10.8 Å². The van der Waals surface area contributed by atoms with Crippen LogP contribution in [0.5, 0.6) is 0 Å². The van der Waals surface area contributed by atoms with Crippen molar-refractivity contribution in [3.63, 3.8) is 0 Å². The Morgan fingerprint density at radius 3 is 2.94 bits per heavy atom. The van der Waals surface area contributed by atoms with Crippen LogP contribution in [0.4, 0.5) is 0 Å². The van der Waals surface area contributed by atoms with E-state index >= 15 is 0 Å². The van der Waals surface area contributed by atoms with Gasteiger partial charge in [-0.1, -0.05) is 0 Å². The predicted molar refractivity (Wildman–Crippen MR) is 68.3 cm³/mol. The van der Waals surface area contributed by atoms with Crippen LogP contribution in [0, 0.1) is 0 Å². The van der Waals surface area contributed by atoms with Crippen molar-refractivity contribution in [2.24, 2.45) is 0 Å². The Kier molecular flexibility index (Phi) is 3.25. The first kappa shape index (κ1) is 12.3. The summed E-state index contributed by atoms with van der Waals surface area (Å²) in [6, 6.07) is 2.14. The van der Waals surface area contributed by atoms with Gasteiger partial charge >= 0.3 is 0 Å². The van der Waals surface area contributed by atoms with Gasteiger partial charge in [0.05, 0.1) is 27.5 Å². The highest BCUT2D eigenvalue weighted by Crippen LogP contribution is 2.28. The fourth-order valence-electron chi connectivity index (χ4n) is 1.68. The van der Waals surface area contributed by atoms with E-state index in [9.17, 15) is 4.21 Å². The molecule has 0 bridgehead atoms. The van der Waals surface area contributed by atoms with Gasteiger partial charge in [0, 0.05) is 6.54 Å². The van der Waals surface area contributed by atoms with E-state index in [0.29, 0.717) is 0 Å². The summed E-state index contributed by atoms with van der Waals surface area (Å²) in [6.45, 7) is 6.80. The molecular weight excluding hydrogens is 290 g/mol. The minimum atomic E-state index is -1.03. The van der Waals surface area contributed by atoms with Crippen LogP contribution >= 0.6 is 15.9 Å². The van der Waals surface area contributed by atoms with E-state index in [1.165, 1.54) is 0 Å².